The molecule has 1 amide bonds. The van der Waals surface area contributed by atoms with Gasteiger partial charge in [-0.25, -0.2) is 9.97 Å². The largest absolute Gasteiger partial charge is 0.367 e. The van der Waals surface area contributed by atoms with Gasteiger partial charge in [0.1, 0.15) is 18.2 Å². The fourth-order valence-corrected chi connectivity index (χ4v) is 3.97. The van der Waals surface area contributed by atoms with Gasteiger partial charge in [0.05, 0.1) is 12.1 Å². The molecule has 2 aromatic carbocycles. The lowest BCUT2D eigenvalue weighted by Crippen LogP contribution is -2.52. The van der Waals surface area contributed by atoms with Crippen molar-refractivity contribution in [3.63, 3.8) is 0 Å². The van der Waals surface area contributed by atoms with Crippen LogP contribution in [0.3, 0.4) is 0 Å². The van der Waals surface area contributed by atoms with Crippen molar-refractivity contribution in [3.05, 3.63) is 65.4 Å². The first kappa shape index (κ1) is 27.1. The van der Waals surface area contributed by atoms with Crippen molar-refractivity contribution in [1.29, 1.82) is 0 Å². The maximum atomic E-state index is 13.2. The highest BCUT2D eigenvalue weighted by Gasteiger charge is 2.29. The smallest absolute Gasteiger partial charge is 0.252 e. The first-order valence-electron chi connectivity index (χ1n) is 10.5. The Morgan fingerprint density at radius 3 is 2.42 bits per heavy atom. The molecule has 1 saturated heterocycles. The predicted octanol–water partition coefficient (Wildman–Crippen LogP) is 3.36. The predicted molar refractivity (Wildman–Crippen MR) is 137 cm³/mol. The molecular weight excluding hydrogens is 485 g/mol. The fourth-order valence-electron chi connectivity index (χ4n) is 3.85. The highest BCUT2D eigenvalue weighted by atomic mass is 35.5. The van der Waals surface area contributed by atoms with Gasteiger partial charge in [-0.3, -0.25) is 4.79 Å². The number of fused-ring (bicyclic) bond motifs is 1. The molecule has 3 aromatic rings. The maximum absolute atomic E-state index is 13.2. The number of anilines is 1. The van der Waals surface area contributed by atoms with Gasteiger partial charge in [0.2, 0.25) is 0 Å². The molecule has 0 radical (unpaired) electrons. The van der Waals surface area contributed by atoms with E-state index in [0.29, 0.717) is 50.8 Å². The van der Waals surface area contributed by atoms with Gasteiger partial charge in [-0.1, -0.05) is 35.9 Å². The molecule has 1 unspecified atom stereocenters. The van der Waals surface area contributed by atoms with Crippen LogP contribution in [0.2, 0.25) is 5.02 Å². The van der Waals surface area contributed by atoms with Gasteiger partial charge in [-0.15, -0.1) is 24.8 Å². The van der Waals surface area contributed by atoms with Crippen molar-refractivity contribution < 1.29 is 9.53 Å². The summed E-state index contributed by atoms with van der Waals surface area (Å²) in [5.74, 6) is 0.908. The van der Waals surface area contributed by atoms with Crippen molar-refractivity contribution >= 4 is 59.0 Å². The van der Waals surface area contributed by atoms with Crippen molar-refractivity contribution in [2.24, 2.45) is 5.73 Å². The molecule has 1 aromatic heterocycles. The summed E-state index contributed by atoms with van der Waals surface area (Å²) in [6.45, 7) is 3.35. The number of nitrogens with zero attached hydrogens (tertiary/aromatic N) is 4. The quantitative estimate of drug-likeness (QED) is 0.522. The summed E-state index contributed by atoms with van der Waals surface area (Å²) in [6.07, 6.45) is 1.53. The molecule has 2 heterocycles. The van der Waals surface area contributed by atoms with Gasteiger partial charge in [0.25, 0.3) is 5.91 Å². The Morgan fingerprint density at radius 2 is 1.73 bits per heavy atom. The summed E-state index contributed by atoms with van der Waals surface area (Å²) >= 11 is 5.98. The number of carbonyl (C=O) groups excluding carboxylic acids is 1. The van der Waals surface area contributed by atoms with E-state index in [-0.39, 0.29) is 30.7 Å². The monoisotopic (exact) mass is 511 g/mol. The molecule has 0 bridgehead atoms. The number of nitrogens with two attached hydrogens (primary N) is 1. The summed E-state index contributed by atoms with van der Waals surface area (Å²) in [5, 5.41) is 1.69. The minimum atomic E-state index is -0.559. The number of carbonyl (C=O) groups is 1. The number of aromatic nitrogens is 2. The van der Waals surface area contributed by atoms with Crippen LogP contribution in [0.4, 0.5) is 5.82 Å². The zero-order valence-corrected chi connectivity index (χ0v) is 20.5. The molecule has 0 spiro atoms. The lowest BCUT2D eigenvalue weighted by molar-refractivity contribution is -0.143. The highest BCUT2D eigenvalue weighted by Crippen LogP contribution is 2.24. The van der Waals surface area contributed by atoms with Crippen LogP contribution in [-0.4, -0.2) is 66.2 Å². The standard InChI is InChI=1S/C23H26ClN5O2.2ClH/c24-18-7-5-17(6-8-18)15-21(31-14-9-25)23(30)29-12-10-28(11-13-29)22-19-3-1-2-4-20(19)26-16-27-22;;/h1-8,16,21H,9-15,25H2;2*1H. The topological polar surface area (TPSA) is 84.6 Å². The van der Waals surface area contributed by atoms with Crippen LogP contribution in [0.5, 0.6) is 0 Å². The molecule has 178 valence electrons. The van der Waals surface area contributed by atoms with Crippen LogP contribution in [0, 0.1) is 0 Å². The van der Waals surface area contributed by atoms with Gasteiger partial charge in [-0.2, -0.15) is 0 Å². The van der Waals surface area contributed by atoms with Gasteiger partial charge in [-0.05, 0) is 29.8 Å². The third kappa shape index (κ3) is 6.68. The van der Waals surface area contributed by atoms with Crippen LogP contribution in [-0.2, 0) is 16.0 Å². The summed E-state index contributed by atoms with van der Waals surface area (Å²) in [7, 11) is 0. The van der Waals surface area contributed by atoms with Gasteiger partial charge < -0.3 is 20.3 Å². The number of para-hydroxylation sites is 1. The molecule has 1 fully saturated rings. The maximum Gasteiger partial charge on any atom is 0.252 e. The van der Waals surface area contributed by atoms with Crippen LogP contribution in [0.15, 0.2) is 54.9 Å². The number of ether oxygens (including phenoxy) is 1. The molecule has 7 nitrogen and oxygen atoms in total. The Labute approximate surface area is 211 Å². The summed E-state index contributed by atoms with van der Waals surface area (Å²) < 4.78 is 5.83. The van der Waals surface area contributed by atoms with E-state index in [2.05, 4.69) is 14.9 Å². The Kier molecular flexibility index (Phi) is 10.6. The first-order chi connectivity index (χ1) is 15.2. The molecule has 4 rings (SSSR count). The second-order valence-electron chi connectivity index (χ2n) is 7.51. The first-order valence-corrected chi connectivity index (χ1v) is 10.8. The molecule has 1 aliphatic rings. The van der Waals surface area contributed by atoms with Crippen molar-refractivity contribution in [2.75, 3.05) is 44.2 Å². The molecule has 33 heavy (non-hydrogen) atoms. The van der Waals surface area contributed by atoms with Crippen molar-refractivity contribution in [1.82, 2.24) is 14.9 Å². The Balaban J connectivity index is 0.00000193. The number of amides is 1. The lowest BCUT2D eigenvalue weighted by Gasteiger charge is -2.37. The minimum absolute atomic E-state index is 0. The summed E-state index contributed by atoms with van der Waals surface area (Å²) in [4.78, 5) is 26.1. The third-order valence-corrected chi connectivity index (χ3v) is 5.71. The van der Waals surface area contributed by atoms with Crippen LogP contribution in [0.25, 0.3) is 10.9 Å². The second-order valence-corrected chi connectivity index (χ2v) is 7.94. The molecule has 0 saturated carbocycles. The summed E-state index contributed by atoms with van der Waals surface area (Å²) in [5.41, 5.74) is 7.54. The van der Waals surface area contributed by atoms with Gasteiger partial charge >= 0.3 is 0 Å². The Bertz CT molecular complexity index is 1020. The fraction of sp³-hybridized carbons (Fsp3) is 0.348. The van der Waals surface area contributed by atoms with E-state index in [1.54, 1.807) is 6.33 Å². The number of rotatable bonds is 7. The van der Waals surface area contributed by atoms with Gasteiger partial charge in [0.15, 0.2) is 0 Å². The number of hydrogen-bond acceptors (Lipinski definition) is 6. The minimum Gasteiger partial charge on any atom is -0.367 e. The van der Waals surface area contributed by atoms with Crippen LogP contribution in [0.1, 0.15) is 5.56 Å². The zero-order valence-electron chi connectivity index (χ0n) is 18.1. The average Bonchev–Trinajstić information content (AvgIpc) is 2.82. The average molecular weight is 513 g/mol. The van der Waals surface area contributed by atoms with E-state index in [1.165, 1.54) is 0 Å². The third-order valence-electron chi connectivity index (χ3n) is 5.46. The van der Waals surface area contributed by atoms with Gasteiger partial charge in [0, 0.05) is 49.6 Å². The van der Waals surface area contributed by atoms with E-state index in [1.807, 2.05) is 53.4 Å². The summed E-state index contributed by atoms with van der Waals surface area (Å²) in [6, 6.07) is 15.5. The Morgan fingerprint density at radius 1 is 1.03 bits per heavy atom. The second kappa shape index (κ2) is 12.9. The van der Waals surface area contributed by atoms with E-state index >= 15 is 0 Å². The SMILES string of the molecule is Cl.Cl.NCCOC(Cc1ccc(Cl)cc1)C(=O)N1CCN(c2ncnc3ccccc23)CC1. The normalized spacial score (nSPS) is 14.4. The Hall–Kier alpha value is -2.16. The van der Waals surface area contributed by atoms with E-state index in [4.69, 9.17) is 22.1 Å². The molecule has 1 aliphatic heterocycles. The molecular formula is C23H28Cl3N5O2. The molecule has 2 N–H and O–H groups in total. The van der Waals surface area contributed by atoms with Crippen molar-refractivity contribution in [2.45, 2.75) is 12.5 Å². The van der Waals surface area contributed by atoms with E-state index < -0.39 is 6.10 Å². The molecule has 1 atom stereocenters. The van der Waals surface area contributed by atoms with Crippen molar-refractivity contribution in [3.8, 4) is 0 Å². The molecule has 0 aliphatic carbocycles. The number of benzene rings is 2. The zero-order chi connectivity index (χ0) is 21.6. The van der Waals surface area contributed by atoms with Crippen LogP contribution >= 0.6 is 36.4 Å². The number of halogens is 3. The molecule has 10 heteroatoms. The highest BCUT2D eigenvalue weighted by molar-refractivity contribution is 6.30. The number of piperazine rings is 1. The number of hydrogen-bond donors (Lipinski definition) is 1. The van der Waals surface area contributed by atoms with E-state index in [0.717, 1.165) is 22.3 Å². The lowest BCUT2D eigenvalue weighted by atomic mass is 10.1. The van der Waals surface area contributed by atoms with Crippen LogP contribution < -0.4 is 10.6 Å². The van der Waals surface area contributed by atoms with E-state index in [9.17, 15) is 4.79 Å².